The second kappa shape index (κ2) is 7.56. The molecule has 1 aliphatic rings. The molecule has 0 radical (unpaired) electrons. The summed E-state index contributed by atoms with van der Waals surface area (Å²) in [6, 6.07) is 0.216. The van der Waals surface area contributed by atoms with Gasteiger partial charge < -0.3 is 26.8 Å². The van der Waals surface area contributed by atoms with Gasteiger partial charge in [-0.15, -0.1) is 0 Å². The third kappa shape index (κ3) is 5.54. The zero-order valence-electron chi connectivity index (χ0n) is 11.4. The molecule has 108 valence electrons. The maximum atomic E-state index is 10.8. The van der Waals surface area contributed by atoms with Crippen LogP contribution in [0.1, 0.15) is 32.1 Å². The first kappa shape index (κ1) is 15.2. The highest BCUT2D eigenvalue weighted by Gasteiger charge is 2.23. The quantitative estimate of drug-likeness (QED) is 0.289. The third-order valence-corrected chi connectivity index (χ3v) is 3.33. The largest absolute Gasteiger partial charge is 0.476 e. The van der Waals surface area contributed by atoms with Gasteiger partial charge in [-0.1, -0.05) is 6.42 Å². The molecule has 0 aromatic carbocycles. The number of rotatable bonds is 5. The standard InChI is InChI=1S/C13H24N4O2/c1-17(9-18)10-4-2-3-5-11(8-10)19-13(16)7-6-12(14)15/h6-7,9-11H,2-5,8,14-16H2,1H3/b13-7+/t10-,11-/m0/s1. The van der Waals surface area contributed by atoms with Crippen molar-refractivity contribution >= 4 is 6.41 Å². The van der Waals surface area contributed by atoms with Gasteiger partial charge in [-0.3, -0.25) is 4.79 Å². The molecular weight excluding hydrogens is 244 g/mol. The Morgan fingerprint density at radius 1 is 1.21 bits per heavy atom. The molecule has 1 saturated carbocycles. The highest BCUT2D eigenvalue weighted by Crippen LogP contribution is 2.24. The summed E-state index contributed by atoms with van der Waals surface area (Å²) < 4.78 is 5.69. The average molecular weight is 268 g/mol. The maximum absolute atomic E-state index is 10.8. The fraction of sp³-hybridized carbons (Fsp3) is 0.615. The fourth-order valence-corrected chi connectivity index (χ4v) is 2.26. The minimum atomic E-state index is 0.0264. The molecule has 0 saturated heterocycles. The molecule has 0 heterocycles. The average Bonchev–Trinajstić information content (AvgIpc) is 2.61. The lowest BCUT2D eigenvalue weighted by atomic mass is 10.1. The molecule has 0 bridgehead atoms. The van der Waals surface area contributed by atoms with Crippen molar-refractivity contribution in [1.82, 2.24) is 4.90 Å². The summed E-state index contributed by atoms with van der Waals surface area (Å²) >= 11 is 0. The molecule has 2 atom stereocenters. The number of amides is 1. The van der Waals surface area contributed by atoms with E-state index < -0.39 is 0 Å². The highest BCUT2D eigenvalue weighted by molar-refractivity contribution is 5.47. The summed E-state index contributed by atoms with van der Waals surface area (Å²) in [7, 11) is 1.80. The Morgan fingerprint density at radius 3 is 2.53 bits per heavy atom. The second-order valence-electron chi connectivity index (χ2n) is 4.92. The van der Waals surface area contributed by atoms with Gasteiger partial charge in [0, 0.05) is 25.6 Å². The number of nitrogens with zero attached hydrogens (tertiary/aromatic N) is 1. The second-order valence-corrected chi connectivity index (χ2v) is 4.92. The molecule has 6 nitrogen and oxygen atoms in total. The van der Waals surface area contributed by atoms with Gasteiger partial charge in [0.25, 0.3) is 0 Å². The van der Waals surface area contributed by atoms with E-state index in [1.165, 1.54) is 6.08 Å². The van der Waals surface area contributed by atoms with Crippen LogP contribution in [-0.4, -0.2) is 30.5 Å². The summed E-state index contributed by atoms with van der Waals surface area (Å²) in [5, 5.41) is 0. The van der Waals surface area contributed by atoms with Crippen LogP contribution in [-0.2, 0) is 9.53 Å². The third-order valence-electron chi connectivity index (χ3n) is 3.33. The Kier molecular flexibility index (Phi) is 6.05. The first-order chi connectivity index (χ1) is 9.02. The Morgan fingerprint density at radius 2 is 1.89 bits per heavy atom. The molecule has 1 amide bonds. The number of allylic oxidation sites excluding steroid dienone is 2. The van der Waals surface area contributed by atoms with E-state index >= 15 is 0 Å². The Bertz CT molecular complexity index is 351. The van der Waals surface area contributed by atoms with E-state index in [1.54, 1.807) is 18.0 Å². The van der Waals surface area contributed by atoms with Gasteiger partial charge in [0.05, 0.1) is 5.82 Å². The zero-order valence-corrected chi connectivity index (χ0v) is 11.4. The Balaban J connectivity index is 2.58. The molecule has 1 aliphatic carbocycles. The number of carbonyl (C=O) groups is 1. The monoisotopic (exact) mass is 268 g/mol. The van der Waals surface area contributed by atoms with Crippen LogP contribution in [0, 0.1) is 0 Å². The number of nitrogens with two attached hydrogens (primary N) is 3. The first-order valence-electron chi connectivity index (χ1n) is 6.55. The van der Waals surface area contributed by atoms with Gasteiger partial charge in [0.1, 0.15) is 6.10 Å². The predicted molar refractivity (Wildman–Crippen MR) is 74.3 cm³/mol. The van der Waals surface area contributed by atoms with Crippen LogP contribution >= 0.6 is 0 Å². The van der Waals surface area contributed by atoms with Crippen molar-refractivity contribution < 1.29 is 9.53 Å². The lowest BCUT2D eigenvalue weighted by Crippen LogP contribution is -2.33. The van der Waals surface area contributed by atoms with Gasteiger partial charge in [0.2, 0.25) is 6.41 Å². The Hall–Kier alpha value is -1.85. The van der Waals surface area contributed by atoms with E-state index in [0.717, 1.165) is 38.5 Å². The van der Waals surface area contributed by atoms with E-state index in [1.807, 2.05) is 0 Å². The van der Waals surface area contributed by atoms with Crippen molar-refractivity contribution in [1.29, 1.82) is 0 Å². The summed E-state index contributed by atoms with van der Waals surface area (Å²) in [6.45, 7) is 0. The topological polar surface area (TPSA) is 108 Å². The molecule has 0 aliphatic heterocycles. The number of hydrogen-bond donors (Lipinski definition) is 3. The van der Waals surface area contributed by atoms with Crippen molar-refractivity contribution in [3.63, 3.8) is 0 Å². The molecule has 0 aromatic heterocycles. The number of ether oxygens (including phenoxy) is 1. The predicted octanol–water partition coefficient (Wildman–Crippen LogP) is 0.351. The SMILES string of the molecule is CN(C=O)[C@H]1CCCC[C@H](O/C(N)=C/C=C(N)N)C1. The van der Waals surface area contributed by atoms with Crippen molar-refractivity contribution in [2.75, 3.05) is 7.05 Å². The van der Waals surface area contributed by atoms with Crippen LogP contribution in [0.4, 0.5) is 0 Å². The molecule has 6 N–H and O–H groups in total. The number of hydrogen-bond acceptors (Lipinski definition) is 5. The van der Waals surface area contributed by atoms with Crippen LogP contribution in [0.15, 0.2) is 23.9 Å². The van der Waals surface area contributed by atoms with Gasteiger partial charge >= 0.3 is 0 Å². The van der Waals surface area contributed by atoms with Crippen LogP contribution in [0.25, 0.3) is 0 Å². The lowest BCUT2D eigenvalue weighted by Gasteiger charge is -2.26. The van der Waals surface area contributed by atoms with E-state index in [9.17, 15) is 4.79 Å². The molecular formula is C13H24N4O2. The molecule has 1 rings (SSSR count). The Labute approximate surface area is 114 Å². The summed E-state index contributed by atoms with van der Waals surface area (Å²) in [6.07, 6.45) is 8.87. The van der Waals surface area contributed by atoms with Crippen LogP contribution < -0.4 is 17.2 Å². The van der Waals surface area contributed by atoms with E-state index in [2.05, 4.69) is 0 Å². The van der Waals surface area contributed by atoms with Crippen molar-refractivity contribution in [3.05, 3.63) is 23.9 Å². The molecule has 0 spiro atoms. The lowest BCUT2D eigenvalue weighted by molar-refractivity contribution is -0.119. The zero-order chi connectivity index (χ0) is 14.3. The van der Waals surface area contributed by atoms with Crippen molar-refractivity contribution in [2.45, 2.75) is 44.2 Å². The maximum Gasteiger partial charge on any atom is 0.209 e. The molecule has 0 aromatic rings. The van der Waals surface area contributed by atoms with Crippen LogP contribution in [0.2, 0.25) is 0 Å². The van der Waals surface area contributed by atoms with Gasteiger partial charge in [0.15, 0.2) is 5.88 Å². The molecule has 19 heavy (non-hydrogen) atoms. The van der Waals surface area contributed by atoms with E-state index in [0.29, 0.717) is 5.88 Å². The summed E-state index contributed by atoms with van der Waals surface area (Å²) in [4.78, 5) is 12.5. The number of carbonyl (C=O) groups excluding carboxylic acids is 1. The van der Waals surface area contributed by atoms with E-state index in [4.69, 9.17) is 21.9 Å². The van der Waals surface area contributed by atoms with Crippen molar-refractivity contribution in [3.8, 4) is 0 Å². The normalized spacial score (nSPS) is 24.2. The molecule has 6 heteroatoms. The van der Waals surface area contributed by atoms with Crippen LogP contribution in [0.3, 0.4) is 0 Å². The molecule has 1 fully saturated rings. The summed E-state index contributed by atoms with van der Waals surface area (Å²) in [5.74, 6) is 0.485. The smallest absolute Gasteiger partial charge is 0.209 e. The van der Waals surface area contributed by atoms with E-state index in [-0.39, 0.29) is 18.0 Å². The molecule has 0 unspecified atom stereocenters. The van der Waals surface area contributed by atoms with Crippen molar-refractivity contribution in [2.24, 2.45) is 17.2 Å². The van der Waals surface area contributed by atoms with Gasteiger partial charge in [-0.25, -0.2) is 0 Å². The minimum absolute atomic E-state index is 0.0264. The highest BCUT2D eigenvalue weighted by atomic mass is 16.5. The fourth-order valence-electron chi connectivity index (χ4n) is 2.26. The first-order valence-corrected chi connectivity index (χ1v) is 6.55. The minimum Gasteiger partial charge on any atom is -0.476 e. The summed E-state index contributed by atoms with van der Waals surface area (Å²) in [5.41, 5.74) is 16.4. The van der Waals surface area contributed by atoms with Gasteiger partial charge in [-0.05, 0) is 25.3 Å². The van der Waals surface area contributed by atoms with Crippen LogP contribution in [0.5, 0.6) is 0 Å². The van der Waals surface area contributed by atoms with Gasteiger partial charge in [-0.2, -0.15) is 0 Å².